The molecule has 22 heavy (non-hydrogen) atoms. The van der Waals surface area contributed by atoms with Crippen molar-refractivity contribution in [3.05, 3.63) is 23.8 Å². The van der Waals surface area contributed by atoms with Gasteiger partial charge in [-0.25, -0.2) is 8.42 Å². The van der Waals surface area contributed by atoms with Gasteiger partial charge in [-0.15, -0.1) is 12.4 Å². The number of benzene rings is 1. The zero-order valence-electron chi connectivity index (χ0n) is 13.3. The van der Waals surface area contributed by atoms with E-state index in [9.17, 15) is 8.42 Å². The molecule has 1 heterocycles. The van der Waals surface area contributed by atoms with E-state index in [1.165, 1.54) is 7.11 Å². The molecule has 0 aliphatic carbocycles. The van der Waals surface area contributed by atoms with E-state index in [4.69, 9.17) is 4.74 Å². The number of hydrogen-bond acceptors (Lipinski definition) is 4. The third kappa shape index (κ3) is 3.93. The first-order chi connectivity index (χ1) is 10.0. The average molecular weight is 349 g/mol. The first-order valence-corrected chi connectivity index (χ1v) is 8.82. The Bertz CT molecular complexity index is 586. The van der Waals surface area contributed by atoms with Gasteiger partial charge in [0, 0.05) is 19.1 Å². The first-order valence-electron chi connectivity index (χ1n) is 7.38. The van der Waals surface area contributed by atoms with E-state index in [2.05, 4.69) is 5.32 Å². The number of sulfonamides is 1. The minimum atomic E-state index is -3.54. The van der Waals surface area contributed by atoms with Crippen molar-refractivity contribution in [2.75, 3.05) is 26.7 Å². The Kier molecular flexibility index (Phi) is 7.12. The van der Waals surface area contributed by atoms with Gasteiger partial charge in [0.1, 0.15) is 10.6 Å². The highest BCUT2D eigenvalue weighted by molar-refractivity contribution is 7.89. The Hall–Kier alpha value is -0.820. The average Bonchev–Trinajstić information content (AvgIpc) is 2.98. The molecule has 0 aromatic heterocycles. The SMILES string of the molecule is CCCN(C1CCNC1)S(=O)(=O)c1cc(C)ccc1OC.Cl. The molecular formula is C15H25ClN2O3S. The van der Waals surface area contributed by atoms with Crippen LogP contribution in [-0.2, 0) is 10.0 Å². The van der Waals surface area contributed by atoms with Crippen LogP contribution in [0.15, 0.2) is 23.1 Å². The standard InChI is InChI=1S/C15H24N2O3S.ClH/c1-4-9-17(13-7-8-16-11-13)21(18,19)15-10-12(2)5-6-14(15)20-3;/h5-6,10,13,16H,4,7-9,11H2,1-3H3;1H. The maximum absolute atomic E-state index is 13.1. The second-order valence-corrected chi connectivity index (χ2v) is 7.28. The molecule has 1 fully saturated rings. The molecule has 0 bridgehead atoms. The van der Waals surface area contributed by atoms with Crippen LogP contribution in [0.2, 0.25) is 0 Å². The molecule has 0 spiro atoms. The van der Waals surface area contributed by atoms with Crippen molar-refractivity contribution in [3.8, 4) is 5.75 Å². The van der Waals surface area contributed by atoms with Crippen LogP contribution in [0.25, 0.3) is 0 Å². The molecule has 1 saturated heterocycles. The summed E-state index contributed by atoms with van der Waals surface area (Å²) in [7, 11) is -2.04. The maximum Gasteiger partial charge on any atom is 0.247 e. The van der Waals surface area contributed by atoms with E-state index in [0.717, 1.165) is 24.9 Å². The van der Waals surface area contributed by atoms with Crippen LogP contribution < -0.4 is 10.1 Å². The summed E-state index contributed by atoms with van der Waals surface area (Å²) in [5.41, 5.74) is 0.912. The van der Waals surface area contributed by atoms with E-state index >= 15 is 0 Å². The molecule has 1 N–H and O–H groups in total. The molecule has 5 nitrogen and oxygen atoms in total. The van der Waals surface area contributed by atoms with Gasteiger partial charge in [0.2, 0.25) is 10.0 Å². The Morgan fingerprint density at radius 3 is 2.68 bits per heavy atom. The summed E-state index contributed by atoms with van der Waals surface area (Å²) in [6, 6.07) is 5.30. The van der Waals surface area contributed by atoms with Gasteiger partial charge in [0.05, 0.1) is 7.11 Å². The maximum atomic E-state index is 13.1. The van der Waals surface area contributed by atoms with Gasteiger partial charge in [0.25, 0.3) is 0 Å². The Morgan fingerprint density at radius 2 is 2.14 bits per heavy atom. The Balaban J connectivity index is 0.00000242. The van der Waals surface area contributed by atoms with Gasteiger partial charge in [0.15, 0.2) is 0 Å². The summed E-state index contributed by atoms with van der Waals surface area (Å²) in [6.07, 6.45) is 1.65. The van der Waals surface area contributed by atoms with Crippen LogP contribution in [-0.4, -0.2) is 45.5 Å². The fourth-order valence-corrected chi connectivity index (χ4v) is 4.70. The highest BCUT2D eigenvalue weighted by atomic mass is 35.5. The molecule has 1 aliphatic rings. The lowest BCUT2D eigenvalue weighted by atomic mass is 10.2. The second-order valence-electron chi connectivity index (χ2n) is 5.42. The lowest BCUT2D eigenvalue weighted by Crippen LogP contribution is -2.42. The monoisotopic (exact) mass is 348 g/mol. The van der Waals surface area contributed by atoms with Crippen LogP contribution >= 0.6 is 12.4 Å². The second kappa shape index (κ2) is 8.15. The summed E-state index contributed by atoms with van der Waals surface area (Å²) in [6.45, 7) is 6.00. The topological polar surface area (TPSA) is 58.6 Å². The van der Waals surface area contributed by atoms with Gasteiger partial charge in [-0.3, -0.25) is 0 Å². The molecule has 126 valence electrons. The Morgan fingerprint density at radius 1 is 1.41 bits per heavy atom. The highest BCUT2D eigenvalue weighted by Gasteiger charge is 2.34. The van der Waals surface area contributed by atoms with Gasteiger partial charge in [-0.1, -0.05) is 13.0 Å². The summed E-state index contributed by atoms with van der Waals surface area (Å²) in [5, 5.41) is 3.24. The van der Waals surface area contributed by atoms with Crippen LogP contribution in [0, 0.1) is 6.92 Å². The van der Waals surface area contributed by atoms with Crippen LogP contribution in [0.5, 0.6) is 5.75 Å². The quantitative estimate of drug-likeness (QED) is 0.856. The smallest absolute Gasteiger partial charge is 0.247 e. The van der Waals surface area contributed by atoms with E-state index in [1.807, 2.05) is 19.9 Å². The zero-order valence-corrected chi connectivity index (χ0v) is 15.0. The molecule has 2 rings (SSSR count). The first kappa shape index (κ1) is 19.2. The lowest BCUT2D eigenvalue weighted by molar-refractivity contribution is 0.331. The van der Waals surface area contributed by atoms with Crippen molar-refractivity contribution in [1.82, 2.24) is 9.62 Å². The van der Waals surface area contributed by atoms with Crippen molar-refractivity contribution < 1.29 is 13.2 Å². The number of nitrogens with zero attached hydrogens (tertiary/aromatic N) is 1. The van der Waals surface area contributed by atoms with Crippen molar-refractivity contribution in [2.45, 2.75) is 37.6 Å². The largest absolute Gasteiger partial charge is 0.495 e. The van der Waals surface area contributed by atoms with Crippen LogP contribution in [0.1, 0.15) is 25.3 Å². The van der Waals surface area contributed by atoms with Gasteiger partial charge in [-0.2, -0.15) is 4.31 Å². The lowest BCUT2D eigenvalue weighted by Gasteiger charge is -2.28. The van der Waals surface area contributed by atoms with Gasteiger partial charge >= 0.3 is 0 Å². The number of nitrogens with one attached hydrogen (secondary N) is 1. The molecule has 1 unspecified atom stereocenters. The molecule has 1 aromatic rings. The number of aryl methyl sites for hydroxylation is 1. The zero-order chi connectivity index (χ0) is 15.5. The van der Waals surface area contributed by atoms with E-state index in [1.54, 1.807) is 16.4 Å². The fraction of sp³-hybridized carbons (Fsp3) is 0.600. The van der Waals surface area contributed by atoms with Crippen LogP contribution in [0.3, 0.4) is 0 Å². The van der Waals surface area contributed by atoms with E-state index in [0.29, 0.717) is 18.8 Å². The normalized spacial score (nSPS) is 18.3. The third-order valence-corrected chi connectivity index (χ3v) is 5.76. The number of rotatable bonds is 6. The van der Waals surface area contributed by atoms with Crippen molar-refractivity contribution in [3.63, 3.8) is 0 Å². The van der Waals surface area contributed by atoms with E-state index < -0.39 is 10.0 Å². The highest BCUT2D eigenvalue weighted by Crippen LogP contribution is 2.29. The summed E-state index contributed by atoms with van der Waals surface area (Å²) >= 11 is 0. The third-order valence-electron chi connectivity index (χ3n) is 3.79. The van der Waals surface area contributed by atoms with Crippen LogP contribution in [0.4, 0.5) is 0 Å². The van der Waals surface area contributed by atoms with Crippen molar-refractivity contribution in [1.29, 1.82) is 0 Å². The molecule has 1 atom stereocenters. The number of hydrogen-bond donors (Lipinski definition) is 1. The van der Waals surface area contributed by atoms with Gasteiger partial charge < -0.3 is 10.1 Å². The molecule has 1 aliphatic heterocycles. The Labute approximate surface area is 139 Å². The number of ether oxygens (including phenoxy) is 1. The minimum Gasteiger partial charge on any atom is -0.495 e. The molecule has 0 saturated carbocycles. The predicted octanol–water partition coefficient (Wildman–Crippen LogP) is 2.19. The minimum absolute atomic E-state index is 0. The number of methoxy groups -OCH3 is 1. The molecular weight excluding hydrogens is 324 g/mol. The molecule has 0 radical (unpaired) electrons. The van der Waals surface area contributed by atoms with Crippen molar-refractivity contribution in [2.24, 2.45) is 0 Å². The summed E-state index contributed by atoms with van der Waals surface area (Å²) in [4.78, 5) is 0.269. The summed E-state index contributed by atoms with van der Waals surface area (Å²) < 4.78 is 33.0. The molecule has 1 aromatic carbocycles. The fourth-order valence-electron chi connectivity index (χ4n) is 2.72. The van der Waals surface area contributed by atoms with Gasteiger partial charge in [-0.05, 0) is 44.0 Å². The molecule has 0 amide bonds. The van der Waals surface area contributed by atoms with E-state index in [-0.39, 0.29) is 23.3 Å². The predicted molar refractivity (Wildman–Crippen MR) is 90.4 cm³/mol. The van der Waals surface area contributed by atoms with Crippen molar-refractivity contribution >= 4 is 22.4 Å². The number of halogens is 1. The molecule has 7 heteroatoms. The summed E-state index contributed by atoms with van der Waals surface area (Å²) in [5.74, 6) is 0.410.